The van der Waals surface area contributed by atoms with E-state index in [0.29, 0.717) is 13.0 Å². The van der Waals surface area contributed by atoms with E-state index in [1.807, 2.05) is 0 Å². The van der Waals surface area contributed by atoms with Gasteiger partial charge in [-0.05, 0) is 12.8 Å². The maximum Gasteiger partial charge on any atom is 0.221 e. The van der Waals surface area contributed by atoms with Gasteiger partial charge in [0.05, 0.1) is 5.75 Å². The van der Waals surface area contributed by atoms with Crippen LogP contribution in [0.1, 0.15) is 19.3 Å². The second-order valence-corrected chi connectivity index (χ2v) is 6.24. The third kappa shape index (κ3) is 5.74. The quantitative estimate of drug-likeness (QED) is 0.674. The van der Waals surface area contributed by atoms with Gasteiger partial charge in [-0.15, -0.1) is 0 Å². The number of sulfone groups is 1. The monoisotopic (exact) mass is 234 g/mol. The van der Waals surface area contributed by atoms with E-state index in [1.165, 1.54) is 6.26 Å². The lowest BCUT2D eigenvalue weighted by Crippen LogP contribution is -2.35. The molecule has 2 N–H and O–H groups in total. The van der Waals surface area contributed by atoms with E-state index in [1.54, 1.807) is 0 Å². The van der Waals surface area contributed by atoms with Gasteiger partial charge in [-0.3, -0.25) is 4.79 Å². The van der Waals surface area contributed by atoms with E-state index in [2.05, 4.69) is 10.6 Å². The van der Waals surface area contributed by atoms with Crippen LogP contribution in [-0.2, 0) is 14.6 Å². The second kappa shape index (κ2) is 5.46. The zero-order valence-corrected chi connectivity index (χ0v) is 9.77. The molecule has 1 rings (SSSR count). The number of amides is 1. The van der Waals surface area contributed by atoms with Gasteiger partial charge in [0.2, 0.25) is 5.91 Å². The summed E-state index contributed by atoms with van der Waals surface area (Å²) in [4.78, 5) is 11.2. The van der Waals surface area contributed by atoms with Gasteiger partial charge in [0.15, 0.2) is 0 Å². The van der Waals surface area contributed by atoms with Crippen LogP contribution in [0.5, 0.6) is 0 Å². The lowest BCUT2D eigenvalue weighted by Gasteiger charge is -2.14. The Balaban J connectivity index is 2.28. The van der Waals surface area contributed by atoms with Crippen molar-refractivity contribution in [2.75, 3.05) is 25.1 Å². The lowest BCUT2D eigenvalue weighted by atomic mass is 10.1. The van der Waals surface area contributed by atoms with Crippen LogP contribution in [0.2, 0.25) is 0 Å². The number of hydrogen-bond donors (Lipinski definition) is 2. The van der Waals surface area contributed by atoms with Crippen LogP contribution in [0.3, 0.4) is 0 Å². The number of carbonyl (C=O) groups is 1. The van der Waals surface area contributed by atoms with Crippen LogP contribution in [0.25, 0.3) is 0 Å². The van der Waals surface area contributed by atoms with Gasteiger partial charge < -0.3 is 10.6 Å². The molecule has 5 nitrogen and oxygen atoms in total. The number of rotatable bonds is 4. The van der Waals surface area contributed by atoms with Crippen molar-refractivity contribution in [2.24, 2.45) is 0 Å². The molecule has 0 saturated carbocycles. The Morgan fingerprint density at radius 3 is 2.93 bits per heavy atom. The Bertz CT molecular complexity index is 313. The van der Waals surface area contributed by atoms with Crippen molar-refractivity contribution < 1.29 is 13.2 Å². The largest absolute Gasteiger partial charge is 0.356 e. The Kier molecular flexibility index (Phi) is 4.53. The van der Waals surface area contributed by atoms with Gasteiger partial charge in [0, 0.05) is 31.8 Å². The first-order chi connectivity index (χ1) is 6.97. The van der Waals surface area contributed by atoms with Crippen LogP contribution >= 0.6 is 0 Å². The summed E-state index contributed by atoms with van der Waals surface area (Å²) >= 11 is 0. The van der Waals surface area contributed by atoms with Gasteiger partial charge in [-0.1, -0.05) is 0 Å². The molecule has 1 aliphatic heterocycles. The first-order valence-corrected chi connectivity index (χ1v) is 7.21. The Labute approximate surface area is 90.5 Å². The summed E-state index contributed by atoms with van der Waals surface area (Å²) in [6.07, 6.45) is 3.53. The minimum atomic E-state index is -2.91. The lowest BCUT2D eigenvalue weighted by molar-refractivity contribution is -0.121. The summed E-state index contributed by atoms with van der Waals surface area (Å²) in [6, 6.07) is 0.120. The van der Waals surface area contributed by atoms with Gasteiger partial charge in [0.25, 0.3) is 0 Å². The number of nitrogens with one attached hydrogen (secondary N) is 2. The predicted octanol–water partition coefficient (Wildman–Crippen LogP) is -0.711. The topological polar surface area (TPSA) is 75.3 Å². The van der Waals surface area contributed by atoms with E-state index in [4.69, 9.17) is 0 Å². The first kappa shape index (κ1) is 12.4. The SMILES string of the molecule is CS(=O)(=O)CCNC1CCCNC(=O)C1. The van der Waals surface area contributed by atoms with E-state index in [9.17, 15) is 13.2 Å². The van der Waals surface area contributed by atoms with Crippen molar-refractivity contribution in [3.8, 4) is 0 Å². The van der Waals surface area contributed by atoms with Gasteiger partial charge in [-0.25, -0.2) is 8.42 Å². The maximum absolute atomic E-state index is 11.2. The molecule has 0 aliphatic carbocycles. The van der Waals surface area contributed by atoms with Gasteiger partial charge in [-0.2, -0.15) is 0 Å². The highest BCUT2D eigenvalue weighted by Gasteiger charge is 2.16. The average molecular weight is 234 g/mol. The standard InChI is InChI=1S/C9H18N2O3S/c1-15(13,14)6-5-10-8-3-2-4-11-9(12)7-8/h8,10H,2-7H2,1H3,(H,11,12). The molecule has 0 aromatic heterocycles. The second-order valence-electron chi connectivity index (χ2n) is 3.98. The fourth-order valence-electron chi connectivity index (χ4n) is 1.60. The summed E-state index contributed by atoms with van der Waals surface area (Å²) in [6.45, 7) is 1.15. The molecular formula is C9H18N2O3S. The fraction of sp³-hybridized carbons (Fsp3) is 0.889. The molecule has 1 aliphatic rings. The predicted molar refractivity (Wildman–Crippen MR) is 58.4 cm³/mol. The molecule has 0 bridgehead atoms. The molecule has 0 aromatic carbocycles. The number of carbonyl (C=O) groups excluding carboxylic acids is 1. The molecular weight excluding hydrogens is 216 g/mol. The molecule has 88 valence electrons. The minimum absolute atomic E-state index is 0.0457. The third-order valence-corrected chi connectivity index (χ3v) is 3.33. The molecule has 6 heteroatoms. The summed E-state index contributed by atoms with van der Waals surface area (Å²) < 4.78 is 21.8. The zero-order valence-electron chi connectivity index (χ0n) is 8.95. The average Bonchev–Trinajstić information content (AvgIpc) is 2.27. The van der Waals surface area contributed by atoms with E-state index < -0.39 is 9.84 Å². The highest BCUT2D eigenvalue weighted by molar-refractivity contribution is 7.90. The number of hydrogen-bond acceptors (Lipinski definition) is 4. The normalized spacial score (nSPS) is 23.3. The van der Waals surface area contributed by atoms with Crippen molar-refractivity contribution in [1.29, 1.82) is 0 Å². The molecule has 15 heavy (non-hydrogen) atoms. The zero-order chi connectivity index (χ0) is 11.3. The van der Waals surface area contributed by atoms with Crippen molar-refractivity contribution in [3.63, 3.8) is 0 Å². The molecule has 1 saturated heterocycles. The van der Waals surface area contributed by atoms with E-state index in [0.717, 1.165) is 19.4 Å². The van der Waals surface area contributed by atoms with Crippen LogP contribution in [0.4, 0.5) is 0 Å². The van der Waals surface area contributed by atoms with E-state index in [-0.39, 0.29) is 17.7 Å². The molecule has 0 radical (unpaired) electrons. The first-order valence-electron chi connectivity index (χ1n) is 5.15. The van der Waals surface area contributed by atoms with E-state index >= 15 is 0 Å². The molecule has 1 atom stereocenters. The highest BCUT2D eigenvalue weighted by Crippen LogP contribution is 2.05. The summed E-state index contributed by atoms with van der Waals surface area (Å²) in [7, 11) is -2.91. The Hall–Kier alpha value is -0.620. The molecule has 0 aromatic rings. The van der Waals surface area contributed by atoms with Crippen molar-refractivity contribution in [3.05, 3.63) is 0 Å². The fourth-order valence-corrected chi connectivity index (χ4v) is 2.09. The minimum Gasteiger partial charge on any atom is -0.356 e. The van der Waals surface area contributed by atoms with Crippen molar-refractivity contribution >= 4 is 15.7 Å². The maximum atomic E-state index is 11.2. The Morgan fingerprint density at radius 1 is 1.53 bits per heavy atom. The third-order valence-electron chi connectivity index (χ3n) is 2.39. The molecule has 1 unspecified atom stereocenters. The van der Waals surface area contributed by atoms with Gasteiger partial charge >= 0.3 is 0 Å². The summed E-state index contributed by atoms with van der Waals surface area (Å²) in [5, 5.41) is 5.89. The Morgan fingerprint density at radius 2 is 2.27 bits per heavy atom. The van der Waals surface area contributed by atoms with Crippen LogP contribution in [0.15, 0.2) is 0 Å². The van der Waals surface area contributed by atoms with Gasteiger partial charge in [0.1, 0.15) is 9.84 Å². The molecule has 1 heterocycles. The molecule has 1 fully saturated rings. The molecule has 1 amide bonds. The van der Waals surface area contributed by atoms with Crippen LogP contribution < -0.4 is 10.6 Å². The molecule has 0 spiro atoms. The van der Waals surface area contributed by atoms with Crippen LogP contribution in [0, 0.1) is 0 Å². The smallest absolute Gasteiger partial charge is 0.221 e. The van der Waals surface area contributed by atoms with Crippen LogP contribution in [-0.4, -0.2) is 45.5 Å². The van der Waals surface area contributed by atoms with Crippen molar-refractivity contribution in [2.45, 2.75) is 25.3 Å². The highest BCUT2D eigenvalue weighted by atomic mass is 32.2. The van der Waals surface area contributed by atoms with Crippen molar-refractivity contribution in [1.82, 2.24) is 10.6 Å². The summed E-state index contributed by atoms with van der Waals surface area (Å²) in [5.74, 6) is 0.176. The summed E-state index contributed by atoms with van der Waals surface area (Å²) in [5.41, 5.74) is 0.